The molecule has 4 nitrogen and oxygen atoms in total. The Morgan fingerprint density at radius 3 is 2.89 bits per heavy atom. The van der Waals surface area contributed by atoms with Gasteiger partial charge in [0.15, 0.2) is 5.82 Å². The first kappa shape index (κ1) is 13.0. The molecule has 0 aliphatic carbocycles. The maximum Gasteiger partial charge on any atom is 0.234 e. The number of carbonyl (C=O) groups excluding carboxylic acids is 1. The van der Waals surface area contributed by atoms with Crippen LogP contribution in [0.15, 0.2) is 33.3 Å². The summed E-state index contributed by atoms with van der Waals surface area (Å²) in [6, 6.07) is 7.88. The van der Waals surface area contributed by atoms with Gasteiger partial charge >= 0.3 is 0 Å². The minimum Gasteiger partial charge on any atom is -0.339 e. The number of benzene rings is 1. The van der Waals surface area contributed by atoms with Gasteiger partial charge in [-0.15, -0.1) is 0 Å². The molecule has 1 aromatic heterocycles. The normalized spacial score (nSPS) is 10.6. The number of rotatable bonds is 5. The van der Waals surface area contributed by atoms with Crippen LogP contribution in [0.1, 0.15) is 30.6 Å². The summed E-state index contributed by atoms with van der Waals surface area (Å²) in [5, 5.41) is 3.88. The lowest BCUT2D eigenvalue weighted by Crippen LogP contribution is -2.00. The van der Waals surface area contributed by atoms with E-state index in [1.54, 1.807) is 0 Å². The fourth-order valence-electron chi connectivity index (χ4n) is 1.54. The van der Waals surface area contributed by atoms with Crippen molar-refractivity contribution in [2.75, 3.05) is 0 Å². The quantitative estimate of drug-likeness (QED) is 0.852. The van der Waals surface area contributed by atoms with Crippen molar-refractivity contribution < 1.29 is 9.32 Å². The van der Waals surface area contributed by atoms with Gasteiger partial charge in [0.2, 0.25) is 5.89 Å². The van der Waals surface area contributed by atoms with Gasteiger partial charge in [-0.3, -0.25) is 4.79 Å². The van der Waals surface area contributed by atoms with Crippen LogP contribution < -0.4 is 0 Å². The van der Waals surface area contributed by atoms with Crippen molar-refractivity contribution >= 4 is 21.7 Å². The molecule has 0 N–H and O–H groups in total. The number of halogens is 1. The molecule has 0 bridgehead atoms. The molecule has 1 aromatic carbocycles. The van der Waals surface area contributed by atoms with Crippen molar-refractivity contribution in [1.82, 2.24) is 10.1 Å². The molecule has 1 heterocycles. The molecule has 2 aromatic rings. The molecule has 0 unspecified atom stereocenters. The minimum absolute atomic E-state index is 0.103. The van der Waals surface area contributed by atoms with Crippen molar-refractivity contribution in [3.63, 3.8) is 0 Å². The Morgan fingerprint density at radius 1 is 1.39 bits per heavy atom. The average Bonchev–Trinajstić information content (AvgIpc) is 2.79. The Morgan fingerprint density at radius 2 is 2.17 bits per heavy atom. The van der Waals surface area contributed by atoms with Crippen LogP contribution >= 0.6 is 15.9 Å². The Labute approximate surface area is 114 Å². The van der Waals surface area contributed by atoms with E-state index in [1.165, 1.54) is 0 Å². The van der Waals surface area contributed by atoms with Gasteiger partial charge in [-0.1, -0.05) is 46.2 Å². The van der Waals surface area contributed by atoms with Gasteiger partial charge in [0.25, 0.3) is 0 Å². The lowest BCUT2D eigenvalue weighted by Gasteiger charge is -1.99. The van der Waals surface area contributed by atoms with E-state index in [-0.39, 0.29) is 12.2 Å². The van der Waals surface area contributed by atoms with E-state index >= 15 is 0 Å². The smallest absolute Gasteiger partial charge is 0.234 e. The van der Waals surface area contributed by atoms with Crippen molar-refractivity contribution in [1.29, 1.82) is 0 Å². The molecule has 2 rings (SSSR count). The fraction of sp³-hybridized carbons (Fsp3) is 0.308. The molecule has 0 aliphatic rings. The zero-order valence-corrected chi connectivity index (χ0v) is 11.6. The van der Waals surface area contributed by atoms with E-state index in [0.29, 0.717) is 24.6 Å². The molecule has 18 heavy (non-hydrogen) atoms. The summed E-state index contributed by atoms with van der Waals surface area (Å²) in [6.45, 7) is 1.82. The lowest BCUT2D eigenvalue weighted by molar-refractivity contribution is -0.118. The Balaban J connectivity index is 2.07. The van der Waals surface area contributed by atoms with Crippen molar-refractivity contribution in [2.45, 2.75) is 26.2 Å². The molecule has 0 fully saturated rings. The molecule has 0 saturated carbocycles. The Hall–Kier alpha value is -1.49. The summed E-state index contributed by atoms with van der Waals surface area (Å²) in [4.78, 5) is 15.5. The lowest BCUT2D eigenvalue weighted by atomic mass is 10.1. The third kappa shape index (κ3) is 3.26. The highest BCUT2D eigenvalue weighted by Gasteiger charge is 2.11. The predicted octanol–water partition coefficient (Wildman–Crippen LogP) is 2.94. The number of Topliss-reactive ketones (excluding diaryl/α,β-unsaturated/α-hetero) is 1. The Kier molecular flexibility index (Phi) is 4.25. The molecular weight excluding hydrogens is 296 g/mol. The maximum absolute atomic E-state index is 11.3. The van der Waals surface area contributed by atoms with Crippen LogP contribution in [0.25, 0.3) is 0 Å². The van der Waals surface area contributed by atoms with Crippen molar-refractivity contribution in [3.8, 4) is 0 Å². The van der Waals surface area contributed by atoms with E-state index in [9.17, 15) is 4.79 Å². The highest BCUT2D eigenvalue weighted by molar-refractivity contribution is 9.10. The zero-order chi connectivity index (χ0) is 13.0. The second kappa shape index (κ2) is 5.91. The number of hydrogen-bond acceptors (Lipinski definition) is 4. The summed E-state index contributed by atoms with van der Waals surface area (Å²) in [6.07, 6.45) is 1.30. The average molecular weight is 309 g/mol. The molecule has 5 heteroatoms. The van der Waals surface area contributed by atoms with Crippen molar-refractivity contribution in [3.05, 3.63) is 46.0 Å². The van der Waals surface area contributed by atoms with Crippen LogP contribution in [0.4, 0.5) is 0 Å². The standard InChI is InChI=1S/C13H13BrN2O2/c1-2-10(17)8-13-15-12(16-18-13)7-9-5-3-4-6-11(9)14/h3-6H,2,7-8H2,1H3. The van der Waals surface area contributed by atoms with E-state index in [0.717, 1.165) is 10.0 Å². The topological polar surface area (TPSA) is 56.0 Å². The van der Waals surface area contributed by atoms with Gasteiger partial charge in [-0.2, -0.15) is 4.98 Å². The first-order valence-electron chi connectivity index (χ1n) is 5.75. The zero-order valence-electron chi connectivity index (χ0n) is 10.0. The molecule has 0 atom stereocenters. The molecule has 0 radical (unpaired) electrons. The largest absolute Gasteiger partial charge is 0.339 e. The van der Waals surface area contributed by atoms with Gasteiger partial charge in [0, 0.05) is 17.3 Å². The number of nitrogens with zero attached hydrogens (tertiary/aromatic N) is 2. The number of ketones is 1. The van der Waals surface area contributed by atoms with E-state index < -0.39 is 0 Å². The third-order valence-corrected chi connectivity index (χ3v) is 3.33. The molecule has 0 aliphatic heterocycles. The van der Waals surface area contributed by atoms with Crippen LogP contribution in [-0.4, -0.2) is 15.9 Å². The van der Waals surface area contributed by atoms with Crippen LogP contribution in [0.2, 0.25) is 0 Å². The fourth-order valence-corrected chi connectivity index (χ4v) is 1.96. The maximum atomic E-state index is 11.3. The molecule has 0 spiro atoms. The third-order valence-electron chi connectivity index (χ3n) is 2.56. The van der Waals surface area contributed by atoms with E-state index in [4.69, 9.17) is 4.52 Å². The summed E-state index contributed by atoms with van der Waals surface area (Å²) in [7, 11) is 0. The van der Waals surface area contributed by atoms with Crippen LogP contribution in [0.3, 0.4) is 0 Å². The molecular formula is C13H13BrN2O2. The van der Waals surface area contributed by atoms with Gasteiger partial charge in [-0.05, 0) is 11.6 Å². The van der Waals surface area contributed by atoms with E-state index in [2.05, 4.69) is 26.1 Å². The minimum atomic E-state index is 0.103. The SMILES string of the molecule is CCC(=O)Cc1nc(Cc2ccccc2Br)no1. The van der Waals surface area contributed by atoms with E-state index in [1.807, 2.05) is 31.2 Å². The number of aromatic nitrogens is 2. The summed E-state index contributed by atoms with van der Waals surface area (Å²) in [5.41, 5.74) is 1.09. The molecule has 94 valence electrons. The first-order valence-corrected chi connectivity index (χ1v) is 6.55. The predicted molar refractivity (Wildman–Crippen MR) is 70.2 cm³/mol. The number of carbonyl (C=O) groups is 1. The monoisotopic (exact) mass is 308 g/mol. The highest BCUT2D eigenvalue weighted by Crippen LogP contribution is 2.18. The van der Waals surface area contributed by atoms with Crippen molar-refractivity contribution in [2.24, 2.45) is 0 Å². The summed E-state index contributed by atoms with van der Waals surface area (Å²) in [5.74, 6) is 1.09. The van der Waals surface area contributed by atoms with Gasteiger partial charge in [0.1, 0.15) is 5.78 Å². The highest BCUT2D eigenvalue weighted by atomic mass is 79.9. The van der Waals surface area contributed by atoms with Crippen LogP contribution in [-0.2, 0) is 17.6 Å². The summed E-state index contributed by atoms with van der Waals surface area (Å²) < 4.78 is 6.07. The van der Waals surface area contributed by atoms with Crippen LogP contribution in [0, 0.1) is 0 Å². The van der Waals surface area contributed by atoms with Crippen LogP contribution in [0.5, 0.6) is 0 Å². The summed E-state index contributed by atoms with van der Waals surface area (Å²) >= 11 is 3.47. The molecule has 0 amide bonds. The van der Waals surface area contributed by atoms with Gasteiger partial charge < -0.3 is 4.52 Å². The Bertz CT molecular complexity index is 551. The van der Waals surface area contributed by atoms with Gasteiger partial charge in [-0.25, -0.2) is 0 Å². The molecule has 0 saturated heterocycles. The van der Waals surface area contributed by atoms with Gasteiger partial charge in [0.05, 0.1) is 6.42 Å². The first-order chi connectivity index (χ1) is 8.69. The second-order valence-electron chi connectivity index (χ2n) is 3.94. The second-order valence-corrected chi connectivity index (χ2v) is 4.80. The number of hydrogen-bond donors (Lipinski definition) is 0.